The van der Waals surface area contributed by atoms with Gasteiger partial charge in [-0.25, -0.2) is 0 Å². The number of para-hydroxylation sites is 1. The van der Waals surface area contributed by atoms with E-state index in [-0.39, 0.29) is 0 Å². The Balaban J connectivity index is 1.29. The van der Waals surface area contributed by atoms with Crippen molar-refractivity contribution in [2.24, 2.45) is 0 Å². The maximum Gasteiger partial charge on any atom is 0.119 e. The van der Waals surface area contributed by atoms with Crippen molar-refractivity contribution in [1.29, 1.82) is 0 Å². The Morgan fingerprint density at radius 2 is 1.76 bits per heavy atom. The van der Waals surface area contributed by atoms with E-state index in [9.17, 15) is 0 Å². The molecular formula is C30H36N2O2. The van der Waals surface area contributed by atoms with Crippen LogP contribution in [0.1, 0.15) is 48.4 Å². The number of rotatable bonds is 8. The van der Waals surface area contributed by atoms with Crippen LogP contribution in [0.2, 0.25) is 0 Å². The highest BCUT2D eigenvalue weighted by Gasteiger charge is 2.28. The molecule has 5 rings (SSSR count). The molecule has 4 heteroatoms. The lowest BCUT2D eigenvalue weighted by molar-refractivity contribution is 0.268. The molecular weight excluding hydrogens is 420 g/mol. The maximum absolute atomic E-state index is 6.06. The molecule has 0 spiro atoms. The zero-order valence-corrected chi connectivity index (χ0v) is 20.2. The van der Waals surface area contributed by atoms with Crippen LogP contribution in [-0.4, -0.2) is 32.8 Å². The van der Waals surface area contributed by atoms with E-state index in [0.29, 0.717) is 12.1 Å². The van der Waals surface area contributed by atoms with Crippen molar-refractivity contribution >= 4 is 5.69 Å². The SMILES string of the molecule is COc1ccc2c(c1)CCN(c1ccccc1)C2Cc1ccc(OCCC2CCCCN2)cc1. The van der Waals surface area contributed by atoms with Crippen LogP contribution in [0.5, 0.6) is 11.5 Å². The zero-order valence-electron chi connectivity index (χ0n) is 20.2. The second-order valence-corrected chi connectivity index (χ2v) is 9.49. The number of fused-ring (bicyclic) bond motifs is 1. The third-order valence-electron chi connectivity index (χ3n) is 7.30. The number of nitrogens with zero attached hydrogens (tertiary/aromatic N) is 1. The molecule has 1 saturated heterocycles. The van der Waals surface area contributed by atoms with E-state index in [1.807, 2.05) is 0 Å². The summed E-state index contributed by atoms with van der Waals surface area (Å²) >= 11 is 0. The van der Waals surface area contributed by atoms with Crippen LogP contribution in [0.4, 0.5) is 5.69 Å². The number of hydrogen-bond donors (Lipinski definition) is 1. The van der Waals surface area contributed by atoms with E-state index < -0.39 is 0 Å². The summed E-state index contributed by atoms with van der Waals surface area (Å²) in [5, 5.41) is 3.60. The first-order chi connectivity index (χ1) is 16.8. The molecule has 178 valence electrons. The minimum atomic E-state index is 0.293. The quantitative estimate of drug-likeness (QED) is 0.454. The predicted octanol–water partition coefficient (Wildman–Crippen LogP) is 5.95. The van der Waals surface area contributed by atoms with Crippen LogP contribution in [-0.2, 0) is 12.8 Å². The van der Waals surface area contributed by atoms with Crippen molar-refractivity contribution < 1.29 is 9.47 Å². The van der Waals surface area contributed by atoms with Gasteiger partial charge in [0.25, 0.3) is 0 Å². The van der Waals surface area contributed by atoms with Gasteiger partial charge < -0.3 is 19.7 Å². The van der Waals surface area contributed by atoms with E-state index in [1.54, 1.807) is 7.11 Å². The molecule has 2 aliphatic heterocycles. The lowest BCUT2D eigenvalue weighted by Gasteiger charge is -2.39. The maximum atomic E-state index is 6.06. The first-order valence-corrected chi connectivity index (χ1v) is 12.7. The fourth-order valence-electron chi connectivity index (χ4n) is 5.40. The molecule has 2 aliphatic rings. The number of benzene rings is 3. The van der Waals surface area contributed by atoms with Crippen LogP contribution in [0, 0.1) is 0 Å². The summed E-state index contributed by atoms with van der Waals surface area (Å²) in [4.78, 5) is 2.55. The fraction of sp³-hybridized carbons (Fsp3) is 0.400. The largest absolute Gasteiger partial charge is 0.497 e. The van der Waals surface area contributed by atoms with Gasteiger partial charge in [-0.1, -0.05) is 42.8 Å². The standard InChI is InChI=1S/C30H36N2O2/c1-33-28-14-15-29-24(22-28)16-19-32(26-8-3-2-4-9-26)30(29)21-23-10-12-27(13-11-23)34-20-17-25-7-5-6-18-31-25/h2-4,8-15,22,25,30-31H,5-7,16-21H2,1H3. The molecule has 4 nitrogen and oxygen atoms in total. The van der Waals surface area contributed by atoms with Gasteiger partial charge >= 0.3 is 0 Å². The minimum Gasteiger partial charge on any atom is -0.497 e. The predicted molar refractivity (Wildman–Crippen MR) is 139 cm³/mol. The molecule has 0 aromatic heterocycles. The second-order valence-electron chi connectivity index (χ2n) is 9.49. The van der Waals surface area contributed by atoms with Crippen molar-refractivity contribution in [1.82, 2.24) is 5.32 Å². The van der Waals surface area contributed by atoms with E-state index in [4.69, 9.17) is 9.47 Å². The third-order valence-corrected chi connectivity index (χ3v) is 7.30. The topological polar surface area (TPSA) is 33.7 Å². The highest BCUT2D eigenvalue weighted by molar-refractivity contribution is 5.53. The molecule has 0 amide bonds. The molecule has 2 heterocycles. The van der Waals surface area contributed by atoms with Crippen LogP contribution < -0.4 is 19.7 Å². The van der Waals surface area contributed by atoms with Crippen LogP contribution in [0.15, 0.2) is 72.8 Å². The number of methoxy groups -OCH3 is 1. The molecule has 2 atom stereocenters. The summed E-state index contributed by atoms with van der Waals surface area (Å²) in [6, 6.07) is 27.0. The van der Waals surface area contributed by atoms with E-state index in [1.165, 1.54) is 41.6 Å². The third kappa shape index (κ3) is 5.39. The van der Waals surface area contributed by atoms with E-state index >= 15 is 0 Å². The summed E-state index contributed by atoms with van der Waals surface area (Å²) in [6.07, 6.45) is 6.98. The average molecular weight is 457 g/mol. The van der Waals surface area contributed by atoms with Crippen molar-refractivity contribution in [3.63, 3.8) is 0 Å². The van der Waals surface area contributed by atoms with Crippen molar-refractivity contribution in [2.45, 2.75) is 50.6 Å². The number of hydrogen-bond acceptors (Lipinski definition) is 4. The molecule has 34 heavy (non-hydrogen) atoms. The highest BCUT2D eigenvalue weighted by atomic mass is 16.5. The molecule has 0 radical (unpaired) electrons. The van der Waals surface area contributed by atoms with Gasteiger partial charge in [0.05, 0.1) is 19.8 Å². The highest BCUT2D eigenvalue weighted by Crippen LogP contribution is 2.37. The minimum absolute atomic E-state index is 0.293. The van der Waals surface area contributed by atoms with Gasteiger partial charge in [0.2, 0.25) is 0 Å². The molecule has 3 aromatic rings. The van der Waals surface area contributed by atoms with Crippen LogP contribution in [0.25, 0.3) is 0 Å². The smallest absolute Gasteiger partial charge is 0.119 e. The Labute approximate surface area is 203 Å². The van der Waals surface area contributed by atoms with Gasteiger partial charge in [-0.2, -0.15) is 0 Å². The first kappa shape index (κ1) is 22.8. The molecule has 0 aliphatic carbocycles. The van der Waals surface area contributed by atoms with E-state index in [0.717, 1.165) is 50.5 Å². The second kappa shape index (κ2) is 11.0. The molecule has 1 N–H and O–H groups in total. The number of anilines is 1. The summed E-state index contributed by atoms with van der Waals surface area (Å²) in [5.41, 5.74) is 5.41. The van der Waals surface area contributed by atoms with Gasteiger partial charge in [-0.05, 0) is 91.7 Å². The van der Waals surface area contributed by atoms with Crippen molar-refractivity contribution in [3.05, 3.63) is 89.5 Å². The summed E-state index contributed by atoms with van der Waals surface area (Å²) in [7, 11) is 1.74. The van der Waals surface area contributed by atoms with E-state index in [2.05, 4.69) is 83.0 Å². The van der Waals surface area contributed by atoms with Gasteiger partial charge in [0.15, 0.2) is 0 Å². The number of nitrogens with one attached hydrogen (secondary N) is 1. The molecule has 2 unspecified atom stereocenters. The van der Waals surface area contributed by atoms with Gasteiger partial charge in [-0.3, -0.25) is 0 Å². The number of ether oxygens (including phenoxy) is 2. The van der Waals surface area contributed by atoms with Crippen LogP contribution >= 0.6 is 0 Å². The van der Waals surface area contributed by atoms with Crippen molar-refractivity contribution in [2.75, 3.05) is 31.7 Å². The summed E-state index contributed by atoms with van der Waals surface area (Å²) in [5.74, 6) is 1.91. The average Bonchev–Trinajstić information content (AvgIpc) is 2.90. The van der Waals surface area contributed by atoms with Gasteiger partial charge in [0, 0.05) is 18.3 Å². The zero-order chi connectivity index (χ0) is 23.2. The summed E-state index contributed by atoms with van der Waals surface area (Å²) < 4.78 is 11.6. The lowest BCUT2D eigenvalue weighted by atomic mass is 9.88. The fourth-order valence-corrected chi connectivity index (χ4v) is 5.40. The molecule has 3 aromatic carbocycles. The molecule has 1 fully saturated rings. The van der Waals surface area contributed by atoms with Crippen LogP contribution in [0.3, 0.4) is 0 Å². The lowest BCUT2D eigenvalue weighted by Crippen LogP contribution is -2.36. The van der Waals surface area contributed by atoms with Gasteiger partial charge in [-0.15, -0.1) is 0 Å². The number of piperidine rings is 1. The Morgan fingerprint density at radius 3 is 2.53 bits per heavy atom. The summed E-state index contributed by atoms with van der Waals surface area (Å²) in [6.45, 7) is 2.93. The monoisotopic (exact) mass is 456 g/mol. The Bertz CT molecular complexity index is 1050. The first-order valence-electron chi connectivity index (χ1n) is 12.7. The Hall–Kier alpha value is -2.98. The van der Waals surface area contributed by atoms with Crippen molar-refractivity contribution in [3.8, 4) is 11.5 Å². The Morgan fingerprint density at radius 1 is 0.941 bits per heavy atom. The molecule has 0 bridgehead atoms. The Kier molecular flexibility index (Phi) is 7.35. The normalized spacial score (nSPS) is 20.0. The molecule has 0 saturated carbocycles. The van der Waals surface area contributed by atoms with Gasteiger partial charge in [0.1, 0.15) is 11.5 Å².